The van der Waals surface area contributed by atoms with Crippen LogP contribution in [-0.4, -0.2) is 55.6 Å². The number of nitrogens with zero attached hydrogens (tertiary/aromatic N) is 1. The zero-order valence-electron chi connectivity index (χ0n) is 15.7. The first kappa shape index (κ1) is 21.5. The Labute approximate surface area is 163 Å². The largest absolute Gasteiger partial charge is 0.381 e. The van der Waals surface area contributed by atoms with Crippen LogP contribution in [0.1, 0.15) is 57.8 Å². The summed E-state index contributed by atoms with van der Waals surface area (Å²) in [6.07, 6.45) is 8.93. The molecule has 3 N–H and O–H groups in total. The van der Waals surface area contributed by atoms with Gasteiger partial charge in [0.05, 0.1) is 5.41 Å². The van der Waals surface area contributed by atoms with Gasteiger partial charge in [-0.2, -0.15) is 0 Å². The van der Waals surface area contributed by atoms with Gasteiger partial charge in [0.1, 0.15) is 0 Å². The van der Waals surface area contributed by atoms with Crippen LogP contribution in [0.5, 0.6) is 0 Å². The van der Waals surface area contributed by atoms with Crippen molar-refractivity contribution in [2.75, 3.05) is 32.8 Å². The summed E-state index contributed by atoms with van der Waals surface area (Å²) < 4.78 is 5.41. The lowest BCUT2D eigenvalue weighted by atomic mass is 9.78. The molecule has 1 saturated carbocycles. The van der Waals surface area contributed by atoms with Gasteiger partial charge in [-0.15, -0.1) is 12.4 Å². The van der Waals surface area contributed by atoms with Crippen molar-refractivity contribution in [1.82, 2.24) is 10.2 Å². The maximum atomic E-state index is 13.0. The first-order chi connectivity index (χ1) is 12.1. The first-order valence-electron chi connectivity index (χ1n) is 10.0. The van der Waals surface area contributed by atoms with Gasteiger partial charge in [-0.05, 0) is 38.5 Å². The molecule has 2 amide bonds. The number of nitrogens with one attached hydrogen (secondary N) is 1. The van der Waals surface area contributed by atoms with Crippen molar-refractivity contribution in [2.24, 2.45) is 17.1 Å². The molecule has 0 radical (unpaired) electrons. The van der Waals surface area contributed by atoms with Crippen LogP contribution >= 0.6 is 12.4 Å². The van der Waals surface area contributed by atoms with Crippen molar-refractivity contribution in [3.8, 4) is 0 Å². The molecule has 2 heterocycles. The normalized spacial score (nSPS) is 24.6. The standard InChI is InChI=1S/C19H33N3O3.ClH/c20-14-19(8-12-25-13-9-19)18(24)22-10-6-15(7-11-22)17(23)21-16-4-2-1-3-5-16;/h15-16H,1-14,20H2,(H,21,23);1H. The number of rotatable bonds is 4. The molecule has 3 rings (SSSR count). The highest BCUT2D eigenvalue weighted by atomic mass is 35.5. The number of carbonyl (C=O) groups excluding carboxylic acids is 2. The molecule has 0 bridgehead atoms. The third-order valence-corrected chi connectivity index (χ3v) is 6.40. The van der Waals surface area contributed by atoms with E-state index in [0.29, 0.717) is 51.7 Å². The highest BCUT2D eigenvalue weighted by molar-refractivity contribution is 5.85. The highest BCUT2D eigenvalue weighted by Crippen LogP contribution is 2.33. The SMILES string of the molecule is Cl.NCC1(C(=O)N2CCC(C(=O)NC3CCCCC3)CC2)CCOCC1. The molecule has 3 fully saturated rings. The second kappa shape index (κ2) is 9.90. The number of hydrogen-bond acceptors (Lipinski definition) is 4. The number of ether oxygens (including phenoxy) is 1. The van der Waals surface area contributed by atoms with Crippen molar-refractivity contribution in [3.05, 3.63) is 0 Å². The fourth-order valence-electron chi connectivity index (χ4n) is 4.51. The van der Waals surface area contributed by atoms with Crippen molar-refractivity contribution in [3.63, 3.8) is 0 Å². The molecule has 0 atom stereocenters. The van der Waals surface area contributed by atoms with Crippen LogP contribution in [0, 0.1) is 11.3 Å². The minimum absolute atomic E-state index is 0. The number of piperidine rings is 1. The lowest BCUT2D eigenvalue weighted by Gasteiger charge is -2.41. The fraction of sp³-hybridized carbons (Fsp3) is 0.895. The molecule has 0 aromatic heterocycles. The average Bonchev–Trinajstić information content (AvgIpc) is 2.69. The molecule has 150 valence electrons. The molecule has 0 aromatic rings. The van der Waals surface area contributed by atoms with Crippen LogP contribution in [0.3, 0.4) is 0 Å². The van der Waals surface area contributed by atoms with Gasteiger partial charge in [0.2, 0.25) is 11.8 Å². The Balaban J connectivity index is 0.00000243. The third kappa shape index (κ3) is 4.90. The van der Waals surface area contributed by atoms with Gasteiger partial charge < -0.3 is 20.7 Å². The van der Waals surface area contributed by atoms with Gasteiger partial charge in [0, 0.05) is 44.8 Å². The van der Waals surface area contributed by atoms with Gasteiger partial charge in [-0.1, -0.05) is 19.3 Å². The lowest BCUT2D eigenvalue weighted by Crippen LogP contribution is -2.53. The summed E-state index contributed by atoms with van der Waals surface area (Å²) in [4.78, 5) is 27.4. The summed E-state index contributed by atoms with van der Waals surface area (Å²) in [5.74, 6) is 0.414. The van der Waals surface area contributed by atoms with Gasteiger partial charge in [0.15, 0.2) is 0 Å². The second-order valence-corrected chi connectivity index (χ2v) is 8.01. The summed E-state index contributed by atoms with van der Waals surface area (Å²) in [6, 6.07) is 0.364. The van der Waals surface area contributed by atoms with E-state index in [1.54, 1.807) is 0 Å². The summed E-state index contributed by atoms with van der Waals surface area (Å²) in [5.41, 5.74) is 5.51. The van der Waals surface area contributed by atoms with E-state index in [2.05, 4.69) is 5.32 Å². The minimum Gasteiger partial charge on any atom is -0.381 e. The van der Waals surface area contributed by atoms with Gasteiger partial charge in [-0.3, -0.25) is 9.59 Å². The monoisotopic (exact) mass is 387 g/mol. The molecule has 0 spiro atoms. The van der Waals surface area contributed by atoms with Crippen molar-refractivity contribution >= 4 is 24.2 Å². The molecule has 1 aliphatic carbocycles. The molecule has 0 aromatic carbocycles. The Kier molecular flexibility index (Phi) is 8.17. The number of hydrogen-bond donors (Lipinski definition) is 2. The van der Waals surface area contributed by atoms with Gasteiger partial charge in [0.25, 0.3) is 0 Å². The Morgan fingerprint density at radius 1 is 1.04 bits per heavy atom. The number of likely N-dealkylation sites (tertiary alicyclic amines) is 1. The van der Waals surface area contributed by atoms with E-state index in [4.69, 9.17) is 10.5 Å². The zero-order valence-corrected chi connectivity index (χ0v) is 16.5. The van der Waals surface area contributed by atoms with Crippen LogP contribution in [0.25, 0.3) is 0 Å². The molecule has 2 aliphatic heterocycles. The smallest absolute Gasteiger partial charge is 0.230 e. The van der Waals surface area contributed by atoms with Gasteiger partial charge in [-0.25, -0.2) is 0 Å². The van der Waals surface area contributed by atoms with Crippen LogP contribution < -0.4 is 11.1 Å². The van der Waals surface area contributed by atoms with Crippen LogP contribution in [0.15, 0.2) is 0 Å². The van der Waals surface area contributed by atoms with Crippen molar-refractivity contribution in [1.29, 1.82) is 0 Å². The molecule has 3 aliphatic rings. The summed E-state index contributed by atoms with van der Waals surface area (Å²) in [7, 11) is 0. The molecular weight excluding hydrogens is 354 g/mol. The minimum atomic E-state index is -0.449. The summed E-state index contributed by atoms with van der Waals surface area (Å²) >= 11 is 0. The number of carbonyl (C=O) groups is 2. The van der Waals surface area contributed by atoms with E-state index in [9.17, 15) is 9.59 Å². The van der Waals surface area contributed by atoms with Crippen LogP contribution in [-0.2, 0) is 14.3 Å². The third-order valence-electron chi connectivity index (χ3n) is 6.40. The molecule has 0 unspecified atom stereocenters. The molecule has 26 heavy (non-hydrogen) atoms. The number of halogens is 1. The maximum Gasteiger partial charge on any atom is 0.230 e. The first-order valence-corrected chi connectivity index (χ1v) is 10.0. The Hall–Kier alpha value is -0.850. The zero-order chi connectivity index (χ0) is 17.7. The van der Waals surface area contributed by atoms with E-state index in [0.717, 1.165) is 25.7 Å². The fourth-order valence-corrected chi connectivity index (χ4v) is 4.51. The van der Waals surface area contributed by atoms with Crippen LogP contribution in [0.2, 0.25) is 0 Å². The predicted octanol–water partition coefficient (Wildman–Crippen LogP) is 1.85. The summed E-state index contributed by atoms with van der Waals surface area (Å²) in [6.45, 7) is 2.96. The molecule has 2 saturated heterocycles. The molecule has 7 heteroatoms. The molecular formula is C19H34ClN3O3. The number of nitrogens with two attached hydrogens (primary N) is 1. The predicted molar refractivity (Wildman–Crippen MR) is 103 cm³/mol. The lowest BCUT2D eigenvalue weighted by molar-refractivity contribution is -0.149. The van der Waals surface area contributed by atoms with Gasteiger partial charge >= 0.3 is 0 Å². The van der Waals surface area contributed by atoms with Crippen molar-refractivity contribution in [2.45, 2.75) is 63.8 Å². The highest BCUT2D eigenvalue weighted by Gasteiger charge is 2.42. The molecule has 6 nitrogen and oxygen atoms in total. The maximum absolute atomic E-state index is 13.0. The Bertz CT molecular complexity index is 469. The van der Waals surface area contributed by atoms with Crippen LogP contribution in [0.4, 0.5) is 0 Å². The second-order valence-electron chi connectivity index (χ2n) is 8.01. The topological polar surface area (TPSA) is 84.7 Å². The van der Waals surface area contributed by atoms with E-state index in [-0.39, 0.29) is 30.1 Å². The van der Waals surface area contributed by atoms with E-state index >= 15 is 0 Å². The Morgan fingerprint density at radius 3 is 2.23 bits per heavy atom. The Morgan fingerprint density at radius 2 is 1.65 bits per heavy atom. The average molecular weight is 388 g/mol. The van der Waals surface area contributed by atoms with E-state index in [1.165, 1.54) is 19.3 Å². The summed E-state index contributed by atoms with van der Waals surface area (Å²) in [5, 5.41) is 3.24. The van der Waals surface area contributed by atoms with E-state index in [1.807, 2.05) is 4.90 Å². The van der Waals surface area contributed by atoms with E-state index < -0.39 is 5.41 Å². The van der Waals surface area contributed by atoms with Crippen molar-refractivity contribution < 1.29 is 14.3 Å². The quantitative estimate of drug-likeness (QED) is 0.770. The number of amides is 2.